The zero-order valence-electron chi connectivity index (χ0n) is 10.2. The van der Waals surface area contributed by atoms with E-state index in [0.717, 1.165) is 5.56 Å². The van der Waals surface area contributed by atoms with Gasteiger partial charge in [0, 0.05) is 17.3 Å². The molecule has 6 heteroatoms. The lowest BCUT2D eigenvalue weighted by molar-refractivity contribution is -0.384. The summed E-state index contributed by atoms with van der Waals surface area (Å²) in [4.78, 5) is 14.4. The Morgan fingerprint density at radius 2 is 2.00 bits per heavy atom. The fourth-order valence-electron chi connectivity index (χ4n) is 1.70. The van der Waals surface area contributed by atoms with Crippen molar-refractivity contribution in [1.82, 2.24) is 4.98 Å². The van der Waals surface area contributed by atoms with Crippen LogP contribution in [0.2, 0.25) is 5.02 Å². The Hall–Kier alpha value is -2.14. The van der Waals surface area contributed by atoms with Gasteiger partial charge in [-0.25, -0.2) is 4.98 Å². The minimum absolute atomic E-state index is 0.0386. The third-order valence-electron chi connectivity index (χ3n) is 2.71. The lowest BCUT2D eigenvalue weighted by Gasteiger charge is -2.14. The number of nitro groups is 1. The van der Waals surface area contributed by atoms with Crippen molar-refractivity contribution in [3.8, 4) is 0 Å². The molecule has 0 spiro atoms. The molecule has 1 aromatic carbocycles. The van der Waals surface area contributed by atoms with E-state index >= 15 is 0 Å². The van der Waals surface area contributed by atoms with Crippen LogP contribution in [0.5, 0.6) is 0 Å². The predicted octanol–water partition coefficient (Wildman–Crippen LogP) is 3.82. The van der Waals surface area contributed by atoms with Crippen LogP contribution >= 0.6 is 11.6 Å². The van der Waals surface area contributed by atoms with Crippen LogP contribution in [-0.4, -0.2) is 9.91 Å². The molecule has 2 rings (SSSR count). The third kappa shape index (κ3) is 3.20. The maximum absolute atomic E-state index is 10.9. The molecule has 5 nitrogen and oxygen atoms in total. The summed E-state index contributed by atoms with van der Waals surface area (Å²) in [6.07, 6.45) is 1.52. The average molecular weight is 278 g/mol. The van der Waals surface area contributed by atoms with Crippen LogP contribution in [-0.2, 0) is 0 Å². The molecule has 0 radical (unpaired) electrons. The number of halogens is 1. The number of nitrogens with one attached hydrogen (secondary N) is 1. The zero-order valence-corrected chi connectivity index (χ0v) is 11.0. The molecular weight excluding hydrogens is 266 g/mol. The second-order valence-electron chi connectivity index (χ2n) is 4.05. The average Bonchev–Trinajstić information content (AvgIpc) is 2.39. The minimum atomic E-state index is -0.454. The summed E-state index contributed by atoms with van der Waals surface area (Å²) in [6.45, 7) is 1.90. The van der Waals surface area contributed by atoms with Gasteiger partial charge in [-0.05, 0) is 30.7 Å². The quantitative estimate of drug-likeness (QED) is 0.681. The molecular formula is C13H12ClN3O2. The van der Waals surface area contributed by atoms with Gasteiger partial charge in [0.2, 0.25) is 5.82 Å². The number of anilines is 1. The topological polar surface area (TPSA) is 68.1 Å². The molecule has 0 saturated carbocycles. The summed E-state index contributed by atoms with van der Waals surface area (Å²) in [5, 5.41) is 14.6. The molecule has 0 aliphatic heterocycles. The van der Waals surface area contributed by atoms with E-state index in [2.05, 4.69) is 10.3 Å². The summed E-state index contributed by atoms with van der Waals surface area (Å²) in [7, 11) is 0. The number of pyridine rings is 1. The van der Waals surface area contributed by atoms with Crippen molar-refractivity contribution in [2.75, 3.05) is 5.32 Å². The fourth-order valence-corrected chi connectivity index (χ4v) is 1.82. The Labute approximate surface area is 115 Å². The summed E-state index contributed by atoms with van der Waals surface area (Å²) in [5.41, 5.74) is 0.938. The number of hydrogen-bond acceptors (Lipinski definition) is 4. The van der Waals surface area contributed by atoms with Crippen LogP contribution in [0.3, 0.4) is 0 Å². The summed E-state index contributed by atoms with van der Waals surface area (Å²) < 4.78 is 0. The molecule has 0 fully saturated rings. The fraction of sp³-hybridized carbons (Fsp3) is 0.154. The van der Waals surface area contributed by atoms with E-state index < -0.39 is 4.92 Å². The van der Waals surface area contributed by atoms with E-state index in [1.54, 1.807) is 12.1 Å². The molecule has 19 heavy (non-hydrogen) atoms. The Balaban J connectivity index is 2.21. The van der Waals surface area contributed by atoms with Gasteiger partial charge in [0.05, 0.1) is 11.0 Å². The second-order valence-corrected chi connectivity index (χ2v) is 4.48. The van der Waals surface area contributed by atoms with Gasteiger partial charge >= 0.3 is 5.69 Å². The van der Waals surface area contributed by atoms with Gasteiger partial charge in [-0.15, -0.1) is 0 Å². The van der Waals surface area contributed by atoms with Crippen LogP contribution in [0.15, 0.2) is 42.6 Å². The Kier molecular flexibility index (Phi) is 3.97. The standard InChI is InChI=1S/C13H12ClN3O2/c1-9(10-4-6-11(14)7-5-10)16-13-12(17(18)19)3-2-8-15-13/h2-9H,1H3,(H,15,16). The van der Waals surface area contributed by atoms with Crippen LogP contribution in [0.1, 0.15) is 18.5 Å². The largest absolute Gasteiger partial charge is 0.358 e. The molecule has 0 saturated heterocycles. The number of aromatic nitrogens is 1. The zero-order chi connectivity index (χ0) is 13.8. The number of nitrogens with zero attached hydrogens (tertiary/aromatic N) is 2. The van der Waals surface area contributed by atoms with E-state index in [1.807, 2.05) is 19.1 Å². The molecule has 98 valence electrons. The first-order valence-corrected chi connectivity index (χ1v) is 6.07. The van der Waals surface area contributed by atoms with E-state index in [9.17, 15) is 10.1 Å². The van der Waals surface area contributed by atoms with Crippen molar-refractivity contribution in [3.63, 3.8) is 0 Å². The van der Waals surface area contributed by atoms with Crippen molar-refractivity contribution in [2.24, 2.45) is 0 Å². The molecule has 1 unspecified atom stereocenters. The van der Waals surface area contributed by atoms with Crippen LogP contribution in [0, 0.1) is 10.1 Å². The van der Waals surface area contributed by atoms with Crippen molar-refractivity contribution in [3.05, 3.63) is 63.3 Å². The maximum atomic E-state index is 10.9. The normalized spacial score (nSPS) is 11.9. The van der Waals surface area contributed by atoms with E-state index in [-0.39, 0.29) is 17.5 Å². The van der Waals surface area contributed by atoms with Crippen molar-refractivity contribution < 1.29 is 4.92 Å². The number of rotatable bonds is 4. The van der Waals surface area contributed by atoms with Gasteiger partial charge in [0.1, 0.15) is 0 Å². The molecule has 2 aromatic rings. The lowest BCUT2D eigenvalue weighted by atomic mass is 10.1. The molecule has 0 aliphatic carbocycles. The van der Waals surface area contributed by atoms with Gasteiger partial charge < -0.3 is 5.32 Å². The van der Waals surface area contributed by atoms with Crippen LogP contribution in [0.25, 0.3) is 0 Å². The number of benzene rings is 1. The van der Waals surface area contributed by atoms with Crippen LogP contribution in [0.4, 0.5) is 11.5 Å². The van der Waals surface area contributed by atoms with Crippen molar-refractivity contribution in [2.45, 2.75) is 13.0 Å². The van der Waals surface area contributed by atoms with Gasteiger partial charge in [-0.2, -0.15) is 0 Å². The third-order valence-corrected chi connectivity index (χ3v) is 2.96. The smallest absolute Gasteiger partial charge is 0.311 e. The molecule has 0 bridgehead atoms. The lowest BCUT2D eigenvalue weighted by Crippen LogP contribution is -2.09. The highest BCUT2D eigenvalue weighted by atomic mass is 35.5. The molecule has 0 amide bonds. The maximum Gasteiger partial charge on any atom is 0.311 e. The van der Waals surface area contributed by atoms with E-state index in [0.29, 0.717) is 5.02 Å². The van der Waals surface area contributed by atoms with Gasteiger partial charge in [0.25, 0.3) is 0 Å². The second kappa shape index (κ2) is 5.67. The number of hydrogen-bond donors (Lipinski definition) is 1. The van der Waals surface area contributed by atoms with Crippen molar-refractivity contribution in [1.29, 1.82) is 0 Å². The molecule has 1 atom stereocenters. The first-order valence-electron chi connectivity index (χ1n) is 5.69. The Bertz CT molecular complexity index is 587. The first kappa shape index (κ1) is 13.3. The molecule has 1 aromatic heterocycles. The van der Waals surface area contributed by atoms with Crippen molar-refractivity contribution >= 4 is 23.1 Å². The first-order chi connectivity index (χ1) is 9.08. The molecule has 1 heterocycles. The highest BCUT2D eigenvalue weighted by molar-refractivity contribution is 6.30. The predicted molar refractivity (Wildman–Crippen MR) is 74.4 cm³/mol. The minimum Gasteiger partial charge on any atom is -0.358 e. The Morgan fingerprint density at radius 3 is 2.63 bits per heavy atom. The summed E-state index contributed by atoms with van der Waals surface area (Å²) >= 11 is 5.82. The van der Waals surface area contributed by atoms with Gasteiger partial charge in [-0.1, -0.05) is 23.7 Å². The monoisotopic (exact) mass is 277 g/mol. The van der Waals surface area contributed by atoms with Gasteiger partial charge in [-0.3, -0.25) is 10.1 Å². The highest BCUT2D eigenvalue weighted by Gasteiger charge is 2.16. The Morgan fingerprint density at radius 1 is 1.32 bits per heavy atom. The van der Waals surface area contributed by atoms with Gasteiger partial charge in [0.15, 0.2) is 0 Å². The van der Waals surface area contributed by atoms with Crippen LogP contribution < -0.4 is 5.32 Å². The SMILES string of the molecule is CC(Nc1ncccc1[N+](=O)[O-])c1ccc(Cl)cc1. The molecule has 1 N–H and O–H groups in total. The van der Waals surface area contributed by atoms with E-state index in [1.165, 1.54) is 18.3 Å². The summed E-state index contributed by atoms with van der Waals surface area (Å²) in [6, 6.07) is 10.2. The molecule has 0 aliphatic rings. The summed E-state index contributed by atoms with van der Waals surface area (Å²) in [5.74, 6) is 0.259. The highest BCUT2D eigenvalue weighted by Crippen LogP contribution is 2.25. The van der Waals surface area contributed by atoms with E-state index in [4.69, 9.17) is 11.6 Å².